The Balaban J connectivity index is 2.12. The second-order valence-electron chi connectivity index (χ2n) is 5.74. The maximum absolute atomic E-state index is 13.1. The molecule has 3 rings (SSSR count). The molecule has 1 unspecified atom stereocenters. The van der Waals surface area contributed by atoms with Gasteiger partial charge in [0.1, 0.15) is 11.6 Å². The molecule has 2 N–H and O–H groups in total. The Hall–Kier alpha value is -2.41. The molecule has 0 bridgehead atoms. The first kappa shape index (κ1) is 15.5. The molecule has 23 heavy (non-hydrogen) atoms. The SMILES string of the molecule is CCC(C)N1CNc2c(c(=O)[nH]c(=O)n2-c2ccc(F)cc2)C1. The Bertz CT molecular complexity index is 825. The molecule has 122 valence electrons. The number of anilines is 1. The highest BCUT2D eigenvalue weighted by Crippen LogP contribution is 2.22. The predicted octanol–water partition coefficient (Wildman–Crippen LogP) is 1.65. The van der Waals surface area contributed by atoms with Crippen LogP contribution in [0.3, 0.4) is 0 Å². The zero-order valence-corrected chi connectivity index (χ0v) is 13.1. The van der Waals surface area contributed by atoms with Gasteiger partial charge >= 0.3 is 5.69 Å². The second kappa shape index (κ2) is 6.00. The van der Waals surface area contributed by atoms with E-state index < -0.39 is 5.69 Å². The van der Waals surface area contributed by atoms with Gasteiger partial charge in [-0.1, -0.05) is 6.92 Å². The zero-order chi connectivity index (χ0) is 16.6. The number of H-pyrrole nitrogens is 1. The first-order valence-corrected chi connectivity index (χ1v) is 7.63. The number of hydrogen-bond acceptors (Lipinski definition) is 4. The first-order chi connectivity index (χ1) is 11.0. The summed E-state index contributed by atoms with van der Waals surface area (Å²) in [4.78, 5) is 28.9. The fourth-order valence-corrected chi connectivity index (χ4v) is 2.75. The molecule has 1 aromatic carbocycles. The second-order valence-corrected chi connectivity index (χ2v) is 5.74. The molecule has 1 aliphatic rings. The number of rotatable bonds is 3. The van der Waals surface area contributed by atoms with Gasteiger partial charge in [0.25, 0.3) is 5.56 Å². The molecule has 2 aromatic rings. The Kier molecular flexibility index (Phi) is 4.04. The van der Waals surface area contributed by atoms with E-state index >= 15 is 0 Å². The summed E-state index contributed by atoms with van der Waals surface area (Å²) in [5.41, 5.74) is 0.0996. The average Bonchev–Trinajstić information content (AvgIpc) is 2.55. The Labute approximate surface area is 132 Å². The lowest BCUT2D eigenvalue weighted by atomic mass is 10.1. The largest absolute Gasteiger partial charge is 0.358 e. The van der Waals surface area contributed by atoms with Crippen molar-refractivity contribution in [1.82, 2.24) is 14.5 Å². The van der Waals surface area contributed by atoms with Crippen molar-refractivity contribution in [2.45, 2.75) is 32.9 Å². The molecule has 0 aliphatic carbocycles. The smallest absolute Gasteiger partial charge is 0.334 e. The fourth-order valence-electron chi connectivity index (χ4n) is 2.75. The van der Waals surface area contributed by atoms with Gasteiger partial charge in [0.2, 0.25) is 0 Å². The third-order valence-corrected chi connectivity index (χ3v) is 4.32. The number of halogens is 1. The molecule has 0 fully saturated rings. The summed E-state index contributed by atoms with van der Waals surface area (Å²) in [5.74, 6) is 0.0981. The molecule has 0 saturated carbocycles. The van der Waals surface area contributed by atoms with Gasteiger partial charge in [-0.2, -0.15) is 0 Å². The van der Waals surface area contributed by atoms with Crippen LogP contribution in [0.5, 0.6) is 0 Å². The van der Waals surface area contributed by atoms with Gasteiger partial charge in [0.15, 0.2) is 0 Å². The van der Waals surface area contributed by atoms with Crippen molar-refractivity contribution in [2.75, 3.05) is 12.0 Å². The summed E-state index contributed by atoms with van der Waals surface area (Å²) in [6, 6.07) is 5.92. The topological polar surface area (TPSA) is 70.1 Å². The summed E-state index contributed by atoms with van der Waals surface area (Å²) in [5, 5.41) is 3.17. The van der Waals surface area contributed by atoms with Crippen molar-refractivity contribution < 1.29 is 4.39 Å². The lowest BCUT2D eigenvalue weighted by molar-refractivity contribution is 0.200. The van der Waals surface area contributed by atoms with E-state index in [9.17, 15) is 14.0 Å². The van der Waals surface area contributed by atoms with E-state index in [4.69, 9.17) is 0 Å². The lowest BCUT2D eigenvalue weighted by Gasteiger charge is -2.34. The van der Waals surface area contributed by atoms with E-state index in [-0.39, 0.29) is 11.4 Å². The van der Waals surface area contributed by atoms with Crippen LogP contribution in [0.25, 0.3) is 5.69 Å². The van der Waals surface area contributed by atoms with Gasteiger partial charge in [0.05, 0.1) is 17.9 Å². The molecule has 1 aromatic heterocycles. The number of aromatic amines is 1. The zero-order valence-electron chi connectivity index (χ0n) is 13.1. The van der Waals surface area contributed by atoms with E-state index in [0.29, 0.717) is 36.3 Å². The molecule has 1 aliphatic heterocycles. The van der Waals surface area contributed by atoms with Gasteiger partial charge in [-0.25, -0.2) is 13.8 Å². The number of fused-ring (bicyclic) bond motifs is 1. The molecule has 1 atom stereocenters. The molecular formula is C16H19FN4O2. The van der Waals surface area contributed by atoms with Crippen molar-refractivity contribution in [3.8, 4) is 5.69 Å². The molecular weight excluding hydrogens is 299 g/mol. The van der Waals surface area contributed by atoms with Gasteiger partial charge in [-0.3, -0.25) is 14.7 Å². The third-order valence-electron chi connectivity index (χ3n) is 4.32. The average molecular weight is 318 g/mol. The Morgan fingerprint density at radius 2 is 1.96 bits per heavy atom. The number of benzene rings is 1. The molecule has 0 spiro atoms. The summed E-state index contributed by atoms with van der Waals surface area (Å²) >= 11 is 0. The van der Waals surface area contributed by atoms with E-state index in [1.807, 2.05) is 0 Å². The molecule has 7 heteroatoms. The molecule has 0 saturated heterocycles. The molecule has 6 nitrogen and oxygen atoms in total. The number of aromatic nitrogens is 2. The highest BCUT2D eigenvalue weighted by molar-refractivity contribution is 5.51. The minimum atomic E-state index is -0.537. The van der Waals surface area contributed by atoms with Crippen LogP contribution in [-0.4, -0.2) is 27.2 Å². The number of nitrogens with one attached hydrogen (secondary N) is 2. The van der Waals surface area contributed by atoms with Crippen molar-refractivity contribution >= 4 is 5.82 Å². The standard InChI is InChI=1S/C16H19FN4O2/c1-3-10(2)20-8-13-14(18-9-20)21(16(23)19-15(13)22)12-6-4-11(17)5-7-12/h4-7,10,18H,3,8-9H2,1-2H3,(H,19,22,23). The van der Waals surface area contributed by atoms with Crippen molar-refractivity contribution in [2.24, 2.45) is 0 Å². The van der Waals surface area contributed by atoms with E-state index in [2.05, 4.69) is 29.0 Å². The summed E-state index contributed by atoms with van der Waals surface area (Å²) in [6.45, 7) is 5.20. The van der Waals surface area contributed by atoms with E-state index in [1.54, 1.807) is 0 Å². The van der Waals surface area contributed by atoms with Crippen molar-refractivity contribution in [3.05, 3.63) is 56.5 Å². The minimum Gasteiger partial charge on any atom is -0.358 e. The van der Waals surface area contributed by atoms with Gasteiger partial charge in [0, 0.05) is 12.6 Å². The monoisotopic (exact) mass is 318 g/mol. The third kappa shape index (κ3) is 2.79. The first-order valence-electron chi connectivity index (χ1n) is 7.63. The maximum Gasteiger partial charge on any atom is 0.334 e. The summed E-state index contributed by atoms with van der Waals surface area (Å²) in [6.07, 6.45) is 0.965. The van der Waals surface area contributed by atoms with Crippen molar-refractivity contribution in [1.29, 1.82) is 0 Å². The summed E-state index contributed by atoms with van der Waals surface area (Å²) in [7, 11) is 0. The highest BCUT2D eigenvalue weighted by Gasteiger charge is 2.25. The van der Waals surface area contributed by atoms with Crippen LogP contribution >= 0.6 is 0 Å². The van der Waals surface area contributed by atoms with Gasteiger partial charge in [-0.15, -0.1) is 0 Å². The number of hydrogen-bond donors (Lipinski definition) is 2. The lowest BCUT2D eigenvalue weighted by Crippen LogP contribution is -2.45. The predicted molar refractivity (Wildman–Crippen MR) is 86.4 cm³/mol. The van der Waals surface area contributed by atoms with Crippen LogP contribution in [0, 0.1) is 5.82 Å². The Morgan fingerprint density at radius 3 is 2.61 bits per heavy atom. The molecule has 2 heterocycles. The van der Waals surface area contributed by atoms with Crippen LogP contribution in [0.2, 0.25) is 0 Å². The normalized spacial score (nSPS) is 15.8. The Morgan fingerprint density at radius 1 is 1.26 bits per heavy atom. The summed E-state index contributed by atoms with van der Waals surface area (Å²) < 4.78 is 14.5. The van der Waals surface area contributed by atoms with Crippen molar-refractivity contribution in [3.63, 3.8) is 0 Å². The van der Waals surface area contributed by atoms with E-state index in [0.717, 1.165) is 6.42 Å². The molecule has 0 radical (unpaired) electrons. The van der Waals surface area contributed by atoms with Gasteiger partial charge < -0.3 is 5.32 Å². The van der Waals surface area contributed by atoms with Crippen LogP contribution in [0.1, 0.15) is 25.8 Å². The number of nitrogens with zero attached hydrogens (tertiary/aromatic N) is 2. The molecule has 0 amide bonds. The van der Waals surface area contributed by atoms with Crippen LogP contribution in [0.15, 0.2) is 33.9 Å². The highest BCUT2D eigenvalue weighted by atomic mass is 19.1. The quantitative estimate of drug-likeness (QED) is 0.903. The minimum absolute atomic E-state index is 0.321. The van der Waals surface area contributed by atoms with E-state index in [1.165, 1.54) is 28.8 Å². The maximum atomic E-state index is 13.1. The fraction of sp³-hybridized carbons (Fsp3) is 0.375. The van der Waals surface area contributed by atoms with Crippen LogP contribution in [0.4, 0.5) is 10.2 Å². The van der Waals surface area contributed by atoms with Gasteiger partial charge in [-0.05, 0) is 37.6 Å². The van der Waals surface area contributed by atoms with Crippen LogP contribution < -0.4 is 16.6 Å². The van der Waals surface area contributed by atoms with Crippen LogP contribution in [-0.2, 0) is 6.54 Å².